The Bertz CT molecular complexity index is 514. The van der Waals surface area contributed by atoms with Gasteiger partial charge in [0.05, 0.1) is 12.0 Å². The third-order valence-corrected chi connectivity index (χ3v) is 4.33. The van der Waals surface area contributed by atoms with Crippen molar-refractivity contribution in [2.45, 2.75) is 31.7 Å². The number of nitrogens with one attached hydrogen (secondary N) is 1. The van der Waals surface area contributed by atoms with Crippen LogP contribution in [0.4, 0.5) is 4.39 Å². The molecule has 0 aromatic heterocycles. The number of halogens is 1. The van der Waals surface area contributed by atoms with Crippen LogP contribution in [-0.4, -0.2) is 21.6 Å². The summed E-state index contributed by atoms with van der Waals surface area (Å²) in [6.07, 6.45) is 0. The summed E-state index contributed by atoms with van der Waals surface area (Å²) in [6, 6.07) is 3.34. The summed E-state index contributed by atoms with van der Waals surface area (Å²) < 4.78 is 44.7. The first kappa shape index (κ1) is 14.9. The van der Waals surface area contributed by atoms with Crippen LogP contribution in [0.15, 0.2) is 23.1 Å². The summed E-state index contributed by atoms with van der Waals surface area (Å²) in [5.41, 5.74) is 0. The van der Waals surface area contributed by atoms with E-state index < -0.39 is 15.8 Å². The fourth-order valence-corrected chi connectivity index (χ4v) is 2.67. The van der Waals surface area contributed by atoms with Gasteiger partial charge in [-0.05, 0) is 31.0 Å². The van der Waals surface area contributed by atoms with Crippen LogP contribution in [0.3, 0.4) is 0 Å². The van der Waals surface area contributed by atoms with Gasteiger partial charge < -0.3 is 4.74 Å². The molecule has 0 aliphatic carbocycles. The maximum Gasteiger partial charge on any atom is 0.240 e. The molecule has 0 saturated heterocycles. The van der Waals surface area contributed by atoms with Gasteiger partial charge in [-0.25, -0.2) is 17.5 Å². The van der Waals surface area contributed by atoms with Crippen molar-refractivity contribution in [3.63, 3.8) is 0 Å². The van der Waals surface area contributed by atoms with Gasteiger partial charge in [-0.3, -0.25) is 0 Å². The van der Waals surface area contributed by atoms with Crippen molar-refractivity contribution < 1.29 is 17.5 Å². The summed E-state index contributed by atoms with van der Waals surface area (Å²) in [7, 11) is -2.37. The Balaban J connectivity index is 3.02. The average Bonchev–Trinajstić information content (AvgIpc) is 2.28. The molecule has 0 amide bonds. The quantitative estimate of drug-likeness (QED) is 0.896. The highest BCUT2D eigenvalue weighted by atomic mass is 32.2. The predicted molar refractivity (Wildman–Crippen MR) is 67.6 cm³/mol. The molecule has 1 rings (SSSR count). The van der Waals surface area contributed by atoms with E-state index in [0.717, 1.165) is 6.07 Å². The Morgan fingerprint density at radius 3 is 2.33 bits per heavy atom. The van der Waals surface area contributed by atoms with Crippen molar-refractivity contribution in [3.05, 3.63) is 24.0 Å². The number of hydrogen-bond acceptors (Lipinski definition) is 3. The lowest BCUT2D eigenvalue weighted by Gasteiger charge is -2.17. The highest BCUT2D eigenvalue weighted by molar-refractivity contribution is 7.89. The molecular weight excluding hydrogens is 257 g/mol. The van der Waals surface area contributed by atoms with E-state index in [0.29, 0.717) is 0 Å². The Morgan fingerprint density at radius 1 is 1.28 bits per heavy atom. The largest absolute Gasteiger partial charge is 0.494 e. The van der Waals surface area contributed by atoms with E-state index in [1.165, 1.54) is 19.2 Å². The zero-order valence-electron chi connectivity index (χ0n) is 10.9. The lowest BCUT2D eigenvalue weighted by Crippen LogP contribution is -2.36. The number of ether oxygens (including phenoxy) is 1. The Morgan fingerprint density at radius 2 is 1.89 bits per heavy atom. The van der Waals surface area contributed by atoms with Crippen molar-refractivity contribution in [3.8, 4) is 5.75 Å². The van der Waals surface area contributed by atoms with Gasteiger partial charge in [0.25, 0.3) is 0 Å². The summed E-state index contributed by atoms with van der Waals surface area (Å²) in [5.74, 6) is -0.522. The molecule has 0 heterocycles. The molecule has 0 bridgehead atoms. The lowest BCUT2D eigenvalue weighted by atomic mass is 10.1. The fourth-order valence-electron chi connectivity index (χ4n) is 1.26. The van der Waals surface area contributed by atoms with E-state index in [1.54, 1.807) is 6.92 Å². The monoisotopic (exact) mass is 275 g/mol. The second-order valence-electron chi connectivity index (χ2n) is 4.45. The second-order valence-corrected chi connectivity index (χ2v) is 6.16. The molecule has 0 radical (unpaired) electrons. The van der Waals surface area contributed by atoms with Gasteiger partial charge >= 0.3 is 0 Å². The molecule has 1 atom stereocenters. The summed E-state index contributed by atoms with van der Waals surface area (Å²) >= 11 is 0. The maximum atomic E-state index is 13.5. The molecule has 0 spiro atoms. The van der Waals surface area contributed by atoms with E-state index in [2.05, 4.69) is 4.72 Å². The van der Waals surface area contributed by atoms with Crippen molar-refractivity contribution >= 4 is 10.0 Å². The van der Waals surface area contributed by atoms with Crippen LogP contribution >= 0.6 is 0 Å². The predicted octanol–water partition coefficient (Wildman–Crippen LogP) is 2.16. The minimum atomic E-state index is -3.70. The number of rotatable bonds is 5. The molecule has 1 N–H and O–H groups in total. The molecule has 0 saturated carbocycles. The van der Waals surface area contributed by atoms with Crippen molar-refractivity contribution in [2.75, 3.05) is 7.11 Å². The number of hydrogen-bond donors (Lipinski definition) is 1. The van der Waals surface area contributed by atoms with Crippen LogP contribution in [0.5, 0.6) is 5.75 Å². The molecule has 18 heavy (non-hydrogen) atoms. The van der Waals surface area contributed by atoms with E-state index in [-0.39, 0.29) is 22.6 Å². The number of methoxy groups -OCH3 is 1. The third-order valence-electron chi connectivity index (χ3n) is 2.77. The summed E-state index contributed by atoms with van der Waals surface area (Å²) in [6.45, 7) is 5.58. The molecule has 102 valence electrons. The Hall–Kier alpha value is -1.14. The van der Waals surface area contributed by atoms with Crippen molar-refractivity contribution in [2.24, 2.45) is 5.92 Å². The minimum absolute atomic E-state index is 0.0193. The highest BCUT2D eigenvalue weighted by Crippen LogP contribution is 2.21. The van der Waals surface area contributed by atoms with Crippen LogP contribution in [0, 0.1) is 11.7 Å². The van der Waals surface area contributed by atoms with Gasteiger partial charge in [0.15, 0.2) is 11.6 Å². The van der Waals surface area contributed by atoms with Crippen molar-refractivity contribution in [1.82, 2.24) is 4.72 Å². The molecule has 1 aromatic carbocycles. The van der Waals surface area contributed by atoms with Crippen LogP contribution in [0.2, 0.25) is 0 Å². The molecule has 1 aromatic rings. The second kappa shape index (κ2) is 5.67. The molecule has 0 aliphatic heterocycles. The van der Waals surface area contributed by atoms with Gasteiger partial charge in [0, 0.05) is 6.04 Å². The standard InChI is InChI=1S/C12H18FNO3S/c1-8(2)9(3)14-18(15,16)10-5-6-12(17-4)11(13)7-10/h5-9,14H,1-4H3. The molecule has 4 nitrogen and oxygen atoms in total. The van der Waals surface area contributed by atoms with Gasteiger partial charge in [-0.15, -0.1) is 0 Å². The van der Waals surface area contributed by atoms with Crippen LogP contribution in [0.25, 0.3) is 0 Å². The normalized spacial score (nSPS) is 13.7. The molecule has 6 heteroatoms. The average molecular weight is 275 g/mol. The van der Waals surface area contributed by atoms with E-state index in [4.69, 9.17) is 4.74 Å². The van der Waals surface area contributed by atoms with Gasteiger partial charge in [0.2, 0.25) is 10.0 Å². The smallest absolute Gasteiger partial charge is 0.240 e. The van der Waals surface area contributed by atoms with E-state index in [1.807, 2.05) is 13.8 Å². The fraction of sp³-hybridized carbons (Fsp3) is 0.500. The summed E-state index contributed by atoms with van der Waals surface area (Å²) in [4.78, 5) is -0.103. The maximum absolute atomic E-state index is 13.5. The van der Waals surface area contributed by atoms with Crippen molar-refractivity contribution in [1.29, 1.82) is 0 Å². The molecule has 0 aliphatic rings. The number of sulfonamides is 1. The van der Waals surface area contributed by atoms with Gasteiger partial charge in [0.1, 0.15) is 0 Å². The Labute approximate surface area is 107 Å². The van der Waals surface area contributed by atoms with Crippen LogP contribution in [0.1, 0.15) is 20.8 Å². The molecular formula is C12H18FNO3S. The SMILES string of the molecule is COc1ccc(S(=O)(=O)NC(C)C(C)C)cc1F. The van der Waals surface area contributed by atoms with Gasteiger partial charge in [-0.2, -0.15) is 0 Å². The first-order chi connectivity index (χ1) is 8.27. The van der Waals surface area contributed by atoms with Crippen LogP contribution < -0.4 is 9.46 Å². The number of benzene rings is 1. The summed E-state index contributed by atoms with van der Waals surface area (Å²) in [5, 5.41) is 0. The topological polar surface area (TPSA) is 55.4 Å². The highest BCUT2D eigenvalue weighted by Gasteiger charge is 2.20. The van der Waals surface area contributed by atoms with Crippen LogP contribution in [-0.2, 0) is 10.0 Å². The zero-order valence-corrected chi connectivity index (χ0v) is 11.7. The lowest BCUT2D eigenvalue weighted by molar-refractivity contribution is 0.385. The first-order valence-electron chi connectivity index (χ1n) is 5.64. The van der Waals surface area contributed by atoms with E-state index in [9.17, 15) is 12.8 Å². The van der Waals surface area contributed by atoms with E-state index >= 15 is 0 Å². The third kappa shape index (κ3) is 3.43. The zero-order chi connectivity index (χ0) is 13.9. The Kier molecular flexibility index (Phi) is 4.70. The molecule has 0 fully saturated rings. The minimum Gasteiger partial charge on any atom is -0.494 e. The van der Waals surface area contributed by atoms with Gasteiger partial charge in [-0.1, -0.05) is 13.8 Å². The molecule has 1 unspecified atom stereocenters. The first-order valence-corrected chi connectivity index (χ1v) is 7.12.